The van der Waals surface area contributed by atoms with Crippen LogP contribution in [0.1, 0.15) is 15.6 Å². The first-order chi connectivity index (χ1) is 7.78. The van der Waals surface area contributed by atoms with Crippen LogP contribution in [0.4, 0.5) is 0 Å². The van der Waals surface area contributed by atoms with E-state index in [1.54, 1.807) is 11.3 Å². The van der Waals surface area contributed by atoms with Gasteiger partial charge in [-0.3, -0.25) is 0 Å². The molecule has 0 saturated carbocycles. The molecule has 0 saturated heterocycles. The number of rotatable bonds is 5. The first-order valence-electron chi connectivity index (χ1n) is 5.38. The summed E-state index contributed by atoms with van der Waals surface area (Å²) >= 11 is 3.58. The molecule has 0 aliphatic heterocycles. The van der Waals surface area contributed by atoms with E-state index in [0.717, 1.165) is 18.5 Å². The van der Waals surface area contributed by atoms with Gasteiger partial charge in [0.2, 0.25) is 0 Å². The van der Waals surface area contributed by atoms with Crippen LogP contribution in [-0.4, -0.2) is 18.1 Å². The third kappa shape index (κ3) is 3.14. The minimum absolute atomic E-state index is 0.490. The Bertz CT molecular complexity index is 420. The third-order valence-corrected chi connectivity index (χ3v) is 4.41. The SMILES string of the molecule is CNC(Cc1cccs1)Cc1nc(C)cs1. The predicted octanol–water partition coefficient (Wildman–Crippen LogP) is 2.89. The highest BCUT2D eigenvalue weighted by molar-refractivity contribution is 7.10. The van der Waals surface area contributed by atoms with Crippen LogP contribution in [0.25, 0.3) is 0 Å². The van der Waals surface area contributed by atoms with Crippen molar-refractivity contribution in [1.29, 1.82) is 0 Å². The summed E-state index contributed by atoms with van der Waals surface area (Å²) in [5.41, 5.74) is 1.13. The molecule has 1 N–H and O–H groups in total. The van der Waals surface area contributed by atoms with Crippen molar-refractivity contribution in [3.63, 3.8) is 0 Å². The molecule has 2 heterocycles. The standard InChI is InChI=1S/C12H16N2S2/c1-9-8-16-12(14-9)7-10(13-2)6-11-4-3-5-15-11/h3-5,8,10,13H,6-7H2,1-2H3. The lowest BCUT2D eigenvalue weighted by Crippen LogP contribution is -2.29. The highest BCUT2D eigenvalue weighted by Crippen LogP contribution is 2.16. The minimum atomic E-state index is 0.490. The van der Waals surface area contributed by atoms with Gasteiger partial charge in [0.25, 0.3) is 0 Å². The zero-order valence-corrected chi connectivity index (χ0v) is 11.2. The van der Waals surface area contributed by atoms with Gasteiger partial charge in [-0.2, -0.15) is 0 Å². The van der Waals surface area contributed by atoms with E-state index in [4.69, 9.17) is 0 Å². The van der Waals surface area contributed by atoms with Crippen molar-refractivity contribution in [2.45, 2.75) is 25.8 Å². The molecule has 16 heavy (non-hydrogen) atoms. The van der Waals surface area contributed by atoms with Gasteiger partial charge in [-0.15, -0.1) is 22.7 Å². The summed E-state index contributed by atoms with van der Waals surface area (Å²) in [4.78, 5) is 5.95. The fourth-order valence-electron chi connectivity index (χ4n) is 1.66. The Labute approximate surface area is 104 Å². The van der Waals surface area contributed by atoms with Gasteiger partial charge < -0.3 is 5.32 Å². The molecule has 2 aromatic heterocycles. The number of hydrogen-bond acceptors (Lipinski definition) is 4. The molecule has 0 amide bonds. The molecule has 1 atom stereocenters. The van der Waals surface area contributed by atoms with Crippen LogP contribution in [0.2, 0.25) is 0 Å². The van der Waals surface area contributed by atoms with E-state index >= 15 is 0 Å². The summed E-state index contributed by atoms with van der Waals surface area (Å²) in [6.45, 7) is 2.05. The predicted molar refractivity (Wildman–Crippen MR) is 71.4 cm³/mol. The van der Waals surface area contributed by atoms with E-state index in [0.29, 0.717) is 6.04 Å². The Kier molecular flexibility index (Phi) is 4.09. The lowest BCUT2D eigenvalue weighted by Gasteiger charge is -2.13. The quantitative estimate of drug-likeness (QED) is 0.885. The van der Waals surface area contributed by atoms with Crippen molar-refractivity contribution in [3.05, 3.63) is 38.5 Å². The number of thiophene rings is 1. The number of likely N-dealkylation sites (N-methyl/N-ethyl adjacent to an activating group) is 1. The number of nitrogens with zero attached hydrogens (tertiary/aromatic N) is 1. The van der Waals surface area contributed by atoms with Crippen LogP contribution in [-0.2, 0) is 12.8 Å². The molecule has 0 aliphatic carbocycles. The fraction of sp³-hybridized carbons (Fsp3) is 0.417. The average Bonchev–Trinajstić information content (AvgIpc) is 2.89. The van der Waals surface area contributed by atoms with Gasteiger partial charge in [-0.05, 0) is 31.8 Å². The van der Waals surface area contributed by atoms with Gasteiger partial charge in [0, 0.05) is 28.4 Å². The summed E-state index contributed by atoms with van der Waals surface area (Å²) in [5, 5.41) is 8.85. The molecule has 0 spiro atoms. The highest BCUT2D eigenvalue weighted by atomic mass is 32.1. The van der Waals surface area contributed by atoms with Crippen molar-refractivity contribution >= 4 is 22.7 Å². The number of aryl methyl sites for hydroxylation is 1. The van der Waals surface area contributed by atoms with Crippen LogP contribution in [0.15, 0.2) is 22.9 Å². The summed E-state index contributed by atoms with van der Waals surface area (Å²) in [5.74, 6) is 0. The topological polar surface area (TPSA) is 24.9 Å². The zero-order chi connectivity index (χ0) is 11.4. The Hall–Kier alpha value is -0.710. The van der Waals surface area contributed by atoms with E-state index in [1.807, 2.05) is 25.3 Å². The zero-order valence-electron chi connectivity index (χ0n) is 9.56. The Morgan fingerprint density at radius 2 is 2.25 bits per heavy atom. The van der Waals surface area contributed by atoms with Crippen LogP contribution < -0.4 is 5.32 Å². The smallest absolute Gasteiger partial charge is 0.0943 e. The van der Waals surface area contributed by atoms with Crippen LogP contribution in [0, 0.1) is 6.92 Å². The lowest BCUT2D eigenvalue weighted by molar-refractivity contribution is 0.558. The summed E-state index contributed by atoms with van der Waals surface area (Å²) in [6, 6.07) is 4.80. The molecule has 2 rings (SSSR count). The van der Waals surface area contributed by atoms with E-state index < -0.39 is 0 Å². The molecule has 0 bridgehead atoms. The summed E-state index contributed by atoms with van der Waals surface area (Å²) in [7, 11) is 2.03. The third-order valence-electron chi connectivity index (χ3n) is 2.52. The van der Waals surface area contributed by atoms with Gasteiger partial charge >= 0.3 is 0 Å². The number of nitrogens with one attached hydrogen (secondary N) is 1. The maximum atomic E-state index is 4.51. The molecule has 2 aromatic rings. The second kappa shape index (κ2) is 5.57. The molecule has 2 nitrogen and oxygen atoms in total. The van der Waals surface area contributed by atoms with Crippen LogP contribution in [0.3, 0.4) is 0 Å². The van der Waals surface area contributed by atoms with E-state index in [-0.39, 0.29) is 0 Å². The summed E-state index contributed by atoms with van der Waals surface area (Å²) in [6.07, 6.45) is 2.11. The van der Waals surface area contributed by atoms with Gasteiger partial charge in [-0.25, -0.2) is 4.98 Å². The van der Waals surface area contributed by atoms with Crippen molar-refractivity contribution in [2.24, 2.45) is 0 Å². The van der Waals surface area contributed by atoms with Crippen molar-refractivity contribution in [1.82, 2.24) is 10.3 Å². The first kappa shape index (κ1) is 11.8. The van der Waals surface area contributed by atoms with Crippen LogP contribution >= 0.6 is 22.7 Å². The fourth-order valence-corrected chi connectivity index (χ4v) is 3.29. The number of aromatic nitrogens is 1. The van der Waals surface area contributed by atoms with Gasteiger partial charge in [0.15, 0.2) is 0 Å². The molecule has 0 aromatic carbocycles. The maximum absolute atomic E-state index is 4.51. The number of thiazole rings is 1. The first-order valence-corrected chi connectivity index (χ1v) is 7.14. The van der Waals surface area contributed by atoms with Gasteiger partial charge in [-0.1, -0.05) is 6.07 Å². The van der Waals surface area contributed by atoms with E-state index in [2.05, 4.69) is 33.2 Å². The molecule has 1 unspecified atom stereocenters. The van der Waals surface area contributed by atoms with Crippen molar-refractivity contribution in [2.75, 3.05) is 7.05 Å². The monoisotopic (exact) mass is 252 g/mol. The Morgan fingerprint density at radius 1 is 1.38 bits per heavy atom. The molecule has 0 fully saturated rings. The molecule has 0 radical (unpaired) electrons. The molecule has 4 heteroatoms. The maximum Gasteiger partial charge on any atom is 0.0943 e. The Balaban J connectivity index is 1.95. The van der Waals surface area contributed by atoms with E-state index in [1.165, 1.54) is 9.88 Å². The molecular formula is C12H16N2S2. The average molecular weight is 252 g/mol. The van der Waals surface area contributed by atoms with Crippen LogP contribution in [0.5, 0.6) is 0 Å². The van der Waals surface area contributed by atoms with Crippen molar-refractivity contribution < 1.29 is 0 Å². The van der Waals surface area contributed by atoms with Gasteiger partial charge in [0.05, 0.1) is 5.01 Å². The minimum Gasteiger partial charge on any atom is -0.316 e. The second-order valence-corrected chi connectivity index (χ2v) is 5.83. The lowest BCUT2D eigenvalue weighted by atomic mass is 10.1. The largest absolute Gasteiger partial charge is 0.316 e. The molecule has 0 aliphatic rings. The van der Waals surface area contributed by atoms with Gasteiger partial charge in [0.1, 0.15) is 0 Å². The summed E-state index contributed by atoms with van der Waals surface area (Å²) < 4.78 is 0. The van der Waals surface area contributed by atoms with E-state index in [9.17, 15) is 0 Å². The normalized spacial score (nSPS) is 12.9. The second-order valence-electron chi connectivity index (χ2n) is 3.86. The highest BCUT2D eigenvalue weighted by Gasteiger charge is 2.11. The Morgan fingerprint density at radius 3 is 2.81 bits per heavy atom. The number of hydrogen-bond donors (Lipinski definition) is 1. The molecule has 86 valence electrons. The molecular weight excluding hydrogens is 236 g/mol. The van der Waals surface area contributed by atoms with Crippen molar-refractivity contribution in [3.8, 4) is 0 Å².